The van der Waals surface area contributed by atoms with E-state index in [1.807, 2.05) is 12.1 Å². The summed E-state index contributed by atoms with van der Waals surface area (Å²) < 4.78 is 6.02. The monoisotopic (exact) mass is 270 g/mol. The fraction of sp³-hybridized carbons (Fsp3) is 0.353. The lowest BCUT2D eigenvalue weighted by molar-refractivity contribution is 0.299. The fourth-order valence-corrected chi connectivity index (χ4v) is 2.01. The smallest absolute Gasteiger partial charge is 0.127 e. The molecule has 106 valence electrons. The Labute approximate surface area is 121 Å². The van der Waals surface area contributed by atoms with E-state index in [1.54, 1.807) is 12.4 Å². The molecule has 0 saturated heterocycles. The zero-order chi connectivity index (χ0) is 14.4. The number of aromatic nitrogens is 1. The summed E-state index contributed by atoms with van der Waals surface area (Å²) in [6, 6.07) is 10.7. The van der Waals surface area contributed by atoms with Gasteiger partial charge in [-0.2, -0.15) is 0 Å². The van der Waals surface area contributed by atoms with E-state index in [9.17, 15) is 0 Å². The molecule has 0 amide bonds. The van der Waals surface area contributed by atoms with Crippen molar-refractivity contribution in [2.45, 2.75) is 40.0 Å². The predicted octanol–water partition coefficient (Wildman–Crippen LogP) is 3.47. The van der Waals surface area contributed by atoms with Gasteiger partial charge in [-0.1, -0.05) is 32.0 Å². The quantitative estimate of drug-likeness (QED) is 0.872. The highest BCUT2D eigenvalue weighted by atomic mass is 16.5. The summed E-state index contributed by atoms with van der Waals surface area (Å²) >= 11 is 0. The first-order chi connectivity index (χ1) is 9.66. The van der Waals surface area contributed by atoms with Crippen molar-refractivity contribution in [2.75, 3.05) is 0 Å². The van der Waals surface area contributed by atoms with Crippen molar-refractivity contribution >= 4 is 0 Å². The molecule has 1 N–H and O–H groups in total. The Morgan fingerprint density at radius 3 is 2.60 bits per heavy atom. The number of benzene rings is 1. The zero-order valence-corrected chi connectivity index (χ0v) is 12.4. The molecule has 0 aliphatic carbocycles. The zero-order valence-electron chi connectivity index (χ0n) is 12.4. The van der Waals surface area contributed by atoms with Gasteiger partial charge < -0.3 is 10.1 Å². The van der Waals surface area contributed by atoms with Gasteiger partial charge in [-0.15, -0.1) is 0 Å². The second kappa shape index (κ2) is 7.06. The average Bonchev–Trinajstić information content (AvgIpc) is 2.45. The minimum atomic E-state index is 0.462. The molecule has 0 aliphatic heterocycles. The minimum absolute atomic E-state index is 0.462. The van der Waals surface area contributed by atoms with Gasteiger partial charge in [0.05, 0.1) is 0 Å². The van der Waals surface area contributed by atoms with E-state index in [1.165, 1.54) is 11.1 Å². The van der Waals surface area contributed by atoms with Crippen LogP contribution >= 0.6 is 0 Å². The van der Waals surface area contributed by atoms with Crippen LogP contribution in [-0.2, 0) is 13.2 Å². The third-order valence-electron chi connectivity index (χ3n) is 3.13. The van der Waals surface area contributed by atoms with Gasteiger partial charge in [-0.05, 0) is 30.2 Å². The standard InChI is InChI=1S/C17H22N2O/c1-13(2)19-11-16-6-4-5-14(3)17(16)20-12-15-7-9-18-10-8-15/h4-10,13,19H,11-12H2,1-3H3. The van der Waals surface area contributed by atoms with Crippen molar-refractivity contribution in [1.82, 2.24) is 10.3 Å². The molecule has 3 nitrogen and oxygen atoms in total. The molecule has 2 rings (SSSR count). The van der Waals surface area contributed by atoms with Crippen molar-refractivity contribution in [3.63, 3.8) is 0 Å². The molecule has 1 heterocycles. The predicted molar refractivity (Wildman–Crippen MR) is 81.7 cm³/mol. The third-order valence-corrected chi connectivity index (χ3v) is 3.13. The number of pyridine rings is 1. The van der Waals surface area contributed by atoms with Crippen molar-refractivity contribution in [3.8, 4) is 5.75 Å². The van der Waals surface area contributed by atoms with Gasteiger partial charge in [0.1, 0.15) is 12.4 Å². The van der Waals surface area contributed by atoms with E-state index >= 15 is 0 Å². The topological polar surface area (TPSA) is 34.1 Å². The van der Waals surface area contributed by atoms with Crippen LogP contribution in [0.4, 0.5) is 0 Å². The summed E-state index contributed by atoms with van der Waals surface area (Å²) in [5.74, 6) is 0.984. The lowest BCUT2D eigenvalue weighted by Crippen LogP contribution is -2.22. The van der Waals surface area contributed by atoms with E-state index in [4.69, 9.17) is 4.74 Å². The van der Waals surface area contributed by atoms with E-state index < -0.39 is 0 Å². The summed E-state index contributed by atoms with van der Waals surface area (Å²) in [6.45, 7) is 7.77. The van der Waals surface area contributed by atoms with Crippen LogP contribution in [-0.4, -0.2) is 11.0 Å². The number of nitrogens with one attached hydrogen (secondary N) is 1. The molecule has 20 heavy (non-hydrogen) atoms. The summed E-state index contributed by atoms with van der Waals surface area (Å²) in [5.41, 5.74) is 3.50. The van der Waals surface area contributed by atoms with E-state index in [0.29, 0.717) is 12.6 Å². The van der Waals surface area contributed by atoms with Crippen LogP contribution in [0.3, 0.4) is 0 Å². The van der Waals surface area contributed by atoms with Gasteiger partial charge in [0.2, 0.25) is 0 Å². The Morgan fingerprint density at radius 1 is 1.15 bits per heavy atom. The summed E-state index contributed by atoms with van der Waals surface area (Å²) in [7, 11) is 0. The molecule has 0 radical (unpaired) electrons. The molecule has 2 aromatic rings. The fourth-order valence-electron chi connectivity index (χ4n) is 2.01. The first-order valence-electron chi connectivity index (χ1n) is 7.00. The second-order valence-corrected chi connectivity index (χ2v) is 5.24. The first kappa shape index (κ1) is 14.5. The highest BCUT2D eigenvalue weighted by molar-refractivity contribution is 5.40. The average molecular weight is 270 g/mol. The Balaban J connectivity index is 2.09. The molecule has 3 heteroatoms. The molecule has 1 aromatic heterocycles. The Morgan fingerprint density at radius 2 is 1.90 bits per heavy atom. The number of hydrogen-bond acceptors (Lipinski definition) is 3. The van der Waals surface area contributed by atoms with Crippen LogP contribution in [0.25, 0.3) is 0 Å². The third kappa shape index (κ3) is 4.07. The Hall–Kier alpha value is -1.87. The van der Waals surface area contributed by atoms with Crippen molar-refractivity contribution < 1.29 is 4.74 Å². The maximum absolute atomic E-state index is 6.02. The number of ether oxygens (including phenoxy) is 1. The SMILES string of the molecule is Cc1cccc(CNC(C)C)c1OCc1ccncc1. The lowest BCUT2D eigenvalue weighted by Gasteiger charge is -2.16. The molecule has 1 aromatic carbocycles. The van der Waals surface area contributed by atoms with Gasteiger partial charge in [0.15, 0.2) is 0 Å². The minimum Gasteiger partial charge on any atom is -0.488 e. The van der Waals surface area contributed by atoms with Crippen LogP contribution in [0.5, 0.6) is 5.75 Å². The number of nitrogens with zero attached hydrogens (tertiary/aromatic N) is 1. The maximum Gasteiger partial charge on any atom is 0.127 e. The molecule has 0 spiro atoms. The molecular weight excluding hydrogens is 248 g/mol. The second-order valence-electron chi connectivity index (χ2n) is 5.24. The maximum atomic E-state index is 6.02. The molecule has 0 fully saturated rings. The van der Waals surface area contributed by atoms with Gasteiger partial charge in [0.25, 0.3) is 0 Å². The van der Waals surface area contributed by atoms with Crippen molar-refractivity contribution in [1.29, 1.82) is 0 Å². The number of aryl methyl sites for hydroxylation is 1. The van der Waals surface area contributed by atoms with Gasteiger partial charge in [-0.3, -0.25) is 4.98 Å². The van der Waals surface area contributed by atoms with Crippen molar-refractivity contribution in [2.24, 2.45) is 0 Å². The van der Waals surface area contributed by atoms with Crippen molar-refractivity contribution in [3.05, 3.63) is 59.4 Å². The van der Waals surface area contributed by atoms with Crippen LogP contribution in [0.15, 0.2) is 42.7 Å². The molecule has 0 saturated carbocycles. The Bertz CT molecular complexity index is 538. The lowest BCUT2D eigenvalue weighted by atomic mass is 10.1. The normalized spacial score (nSPS) is 10.8. The molecule has 0 atom stereocenters. The largest absolute Gasteiger partial charge is 0.488 e. The molecule has 0 unspecified atom stereocenters. The van der Waals surface area contributed by atoms with E-state index in [0.717, 1.165) is 17.9 Å². The van der Waals surface area contributed by atoms with Gasteiger partial charge in [0, 0.05) is 30.5 Å². The number of rotatable bonds is 6. The summed E-state index contributed by atoms with van der Waals surface area (Å²) in [5, 5.41) is 3.44. The van der Waals surface area contributed by atoms with Crippen LogP contribution in [0.1, 0.15) is 30.5 Å². The van der Waals surface area contributed by atoms with Gasteiger partial charge in [-0.25, -0.2) is 0 Å². The number of para-hydroxylation sites is 1. The summed E-state index contributed by atoms with van der Waals surface area (Å²) in [4.78, 5) is 4.02. The summed E-state index contributed by atoms with van der Waals surface area (Å²) in [6.07, 6.45) is 3.58. The highest BCUT2D eigenvalue weighted by Crippen LogP contribution is 2.24. The Kier molecular flexibility index (Phi) is 5.13. The highest BCUT2D eigenvalue weighted by Gasteiger charge is 2.07. The first-order valence-corrected chi connectivity index (χ1v) is 7.00. The van der Waals surface area contributed by atoms with Gasteiger partial charge >= 0.3 is 0 Å². The molecule has 0 aliphatic rings. The van der Waals surface area contributed by atoms with Crippen LogP contribution < -0.4 is 10.1 Å². The van der Waals surface area contributed by atoms with E-state index in [-0.39, 0.29) is 0 Å². The molecule has 0 bridgehead atoms. The van der Waals surface area contributed by atoms with Crippen LogP contribution in [0.2, 0.25) is 0 Å². The van der Waals surface area contributed by atoms with E-state index in [2.05, 4.69) is 49.3 Å². The van der Waals surface area contributed by atoms with Crippen LogP contribution in [0, 0.1) is 6.92 Å². The molecular formula is C17H22N2O. The number of hydrogen-bond donors (Lipinski definition) is 1.